The highest BCUT2D eigenvalue weighted by Gasteiger charge is 2.22. The highest BCUT2D eigenvalue weighted by atomic mass is 16.2. The Hall–Kier alpha value is -2.17. The summed E-state index contributed by atoms with van der Waals surface area (Å²) in [6.07, 6.45) is 8.41. The molecule has 1 fully saturated rings. The molecule has 2 aliphatic rings. The predicted molar refractivity (Wildman–Crippen MR) is 123 cm³/mol. The molecule has 1 N–H and O–H groups in total. The molecule has 5 heteroatoms. The van der Waals surface area contributed by atoms with Crippen LogP contribution in [0.5, 0.6) is 0 Å². The van der Waals surface area contributed by atoms with Gasteiger partial charge in [-0.1, -0.05) is 11.6 Å². The van der Waals surface area contributed by atoms with E-state index in [4.69, 9.17) is 0 Å². The second-order valence-corrected chi connectivity index (χ2v) is 8.21. The van der Waals surface area contributed by atoms with E-state index in [1.807, 2.05) is 4.90 Å². The number of hydrogen-bond acceptors (Lipinski definition) is 3. The zero-order chi connectivity index (χ0) is 20.6. The molecular formula is C24H38N4O. The number of benzene rings is 1. The van der Waals surface area contributed by atoms with Gasteiger partial charge in [0.1, 0.15) is 0 Å². The average Bonchev–Trinajstić information content (AvgIpc) is 2.75. The number of urea groups is 1. The number of nitrogens with zero attached hydrogens (tertiary/aromatic N) is 3. The van der Waals surface area contributed by atoms with E-state index >= 15 is 0 Å². The second kappa shape index (κ2) is 10.6. The molecule has 1 heterocycles. The number of piperazine rings is 1. The Bertz CT molecular complexity index is 703. The van der Waals surface area contributed by atoms with Gasteiger partial charge in [0.25, 0.3) is 0 Å². The van der Waals surface area contributed by atoms with E-state index in [-0.39, 0.29) is 6.03 Å². The Morgan fingerprint density at radius 1 is 1.10 bits per heavy atom. The molecule has 1 saturated heterocycles. The van der Waals surface area contributed by atoms with Crippen molar-refractivity contribution in [2.45, 2.75) is 52.9 Å². The number of amides is 2. The Morgan fingerprint density at radius 3 is 2.48 bits per heavy atom. The summed E-state index contributed by atoms with van der Waals surface area (Å²) in [6.45, 7) is 12.8. The minimum absolute atomic E-state index is 0.0923. The summed E-state index contributed by atoms with van der Waals surface area (Å²) in [5, 5.41) is 3.12. The zero-order valence-electron chi connectivity index (χ0n) is 18.5. The van der Waals surface area contributed by atoms with Crippen LogP contribution in [0.2, 0.25) is 0 Å². The van der Waals surface area contributed by atoms with Gasteiger partial charge in [-0.15, -0.1) is 0 Å². The van der Waals surface area contributed by atoms with Crippen molar-refractivity contribution in [3.8, 4) is 0 Å². The summed E-state index contributed by atoms with van der Waals surface area (Å²) in [4.78, 5) is 19.3. The molecule has 0 atom stereocenters. The first-order chi connectivity index (χ1) is 14.1. The largest absolute Gasteiger partial charge is 0.372 e. The molecule has 5 nitrogen and oxygen atoms in total. The number of hydrogen-bond donors (Lipinski definition) is 1. The van der Waals surface area contributed by atoms with E-state index in [1.54, 1.807) is 0 Å². The molecule has 0 radical (unpaired) electrons. The summed E-state index contributed by atoms with van der Waals surface area (Å²) in [5.74, 6) is 0. The lowest BCUT2D eigenvalue weighted by atomic mass is 9.97. The van der Waals surface area contributed by atoms with Crippen LogP contribution in [0.3, 0.4) is 0 Å². The molecule has 2 amide bonds. The molecule has 1 aromatic rings. The van der Waals surface area contributed by atoms with Gasteiger partial charge >= 0.3 is 6.03 Å². The van der Waals surface area contributed by atoms with E-state index in [1.165, 1.54) is 48.2 Å². The molecule has 1 aliphatic carbocycles. The van der Waals surface area contributed by atoms with Gasteiger partial charge in [0.05, 0.1) is 0 Å². The van der Waals surface area contributed by atoms with Crippen molar-refractivity contribution in [2.75, 3.05) is 55.6 Å². The van der Waals surface area contributed by atoms with E-state index < -0.39 is 0 Å². The molecule has 3 rings (SSSR count). The van der Waals surface area contributed by atoms with Gasteiger partial charge in [-0.2, -0.15) is 0 Å². The van der Waals surface area contributed by atoms with Gasteiger partial charge in [0, 0.05) is 57.2 Å². The third kappa shape index (κ3) is 5.68. The highest BCUT2D eigenvalue weighted by Crippen LogP contribution is 2.26. The number of rotatable bonds is 7. The smallest absolute Gasteiger partial charge is 0.317 e. The minimum Gasteiger partial charge on any atom is -0.372 e. The Kier molecular flexibility index (Phi) is 7.84. The van der Waals surface area contributed by atoms with Gasteiger partial charge in [-0.3, -0.25) is 0 Å². The number of nitrogens with one attached hydrogen (secondary N) is 1. The quantitative estimate of drug-likeness (QED) is 0.684. The molecule has 1 aromatic carbocycles. The average molecular weight is 399 g/mol. The van der Waals surface area contributed by atoms with Crippen molar-refractivity contribution in [1.29, 1.82) is 0 Å². The monoisotopic (exact) mass is 398 g/mol. The van der Waals surface area contributed by atoms with Crippen LogP contribution in [-0.2, 0) is 0 Å². The number of allylic oxidation sites excluding steroid dienone is 1. The maximum atomic E-state index is 12.5. The Labute approximate surface area is 176 Å². The second-order valence-electron chi connectivity index (χ2n) is 8.21. The lowest BCUT2D eigenvalue weighted by molar-refractivity contribution is 0.194. The third-order valence-corrected chi connectivity index (χ3v) is 6.32. The highest BCUT2D eigenvalue weighted by molar-refractivity contribution is 5.74. The minimum atomic E-state index is 0.0923. The normalized spacial score (nSPS) is 17.1. The SMILES string of the molecule is CCN(CC)c1ccc(N2CCN(C(=O)NCCC3=CCCCC3)CC2)c(C)c1. The molecular weight excluding hydrogens is 360 g/mol. The fourth-order valence-electron chi connectivity index (χ4n) is 4.50. The summed E-state index contributed by atoms with van der Waals surface area (Å²) in [5.41, 5.74) is 5.42. The first kappa shape index (κ1) is 21.5. The molecule has 0 aromatic heterocycles. The number of carbonyl (C=O) groups is 1. The molecule has 0 bridgehead atoms. The van der Waals surface area contributed by atoms with Crippen molar-refractivity contribution in [1.82, 2.24) is 10.2 Å². The molecule has 0 spiro atoms. The fraction of sp³-hybridized carbons (Fsp3) is 0.625. The Morgan fingerprint density at radius 2 is 1.86 bits per heavy atom. The van der Waals surface area contributed by atoms with E-state index in [0.717, 1.165) is 52.2 Å². The lowest BCUT2D eigenvalue weighted by Gasteiger charge is -2.37. The van der Waals surface area contributed by atoms with E-state index in [2.05, 4.69) is 60.2 Å². The van der Waals surface area contributed by atoms with Gasteiger partial charge < -0.3 is 20.0 Å². The first-order valence-electron chi connectivity index (χ1n) is 11.4. The molecule has 160 valence electrons. The van der Waals surface area contributed by atoms with Crippen LogP contribution in [0, 0.1) is 6.92 Å². The number of anilines is 2. The summed E-state index contributed by atoms with van der Waals surface area (Å²) in [6, 6.07) is 6.86. The summed E-state index contributed by atoms with van der Waals surface area (Å²) >= 11 is 0. The van der Waals surface area contributed by atoms with Gasteiger partial charge in [-0.05, 0) is 76.6 Å². The van der Waals surface area contributed by atoms with Crippen molar-refractivity contribution >= 4 is 17.4 Å². The Balaban J connectivity index is 1.47. The molecule has 1 aliphatic heterocycles. The van der Waals surface area contributed by atoms with Crippen LogP contribution < -0.4 is 15.1 Å². The topological polar surface area (TPSA) is 38.8 Å². The summed E-state index contributed by atoms with van der Waals surface area (Å²) in [7, 11) is 0. The zero-order valence-corrected chi connectivity index (χ0v) is 18.5. The van der Waals surface area contributed by atoms with Crippen molar-refractivity contribution in [3.63, 3.8) is 0 Å². The standard InChI is InChI=1S/C24H38N4O/c1-4-26(5-2)22-11-12-23(20(3)19-22)27-15-17-28(18-16-27)24(29)25-14-13-21-9-7-6-8-10-21/h9,11-12,19H,4-8,10,13-18H2,1-3H3,(H,25,29). The van der Waals surface area contributed by atoms with Gasteiger partial charge in [0.15, 0.2) is 0 Å². The number of carbonyl (C=O) groups excluding carboxylic acids is 1. The van der Waals surface area contributed by atoms with Crippen molar-refractivity contribution < 1.29 is 4.79 Å². The van der Waals surface area contributed by atoms with Crippen LogP contribution in [0.4, 0.5) is 16.2 Å². The maximum Gasteiger partial charge on any atom is 0.317 e. The molecule has 0 saturated carbocycles. The maximum absolute atomic E-state index is 12.5. The fourth-order valence-corrected chi connectivity index (χ4v) is 4.50. The molecule has 0 unspecified atom stereocenters. The summed E-state index contributed by atoms with van der Waals surface area (Å²) < 4.78 is 0. The molecule has 29 heavy (non-hydrogen) atoms. The van der Waals surface area contributed by atoms with Crippen LogP contribution in [0.25, 0.3) is 0 Å². The van der Waals surface area contributed by atoms with E-state index in [9.17, 15) is 4.79 Å². The van der Waals surface area contributed by atoms with E-state index in [0.29, 0.717) is 0 Å². The first-order valence-corrected chi connectivity index (χ1v) is 11.4. The van der Waals surface area contributed by atoms with Crippen LogP contribution in [0.1, 0.15) is 51.5 Å². The van der Waals surface area contributed by atoms with Crippen LogP contribution >= 0.6 is 0 Å². The number of aryl methyl sites for hydroxylation is 1. The third-order valence-electron chi connectivity index (χ3n) is 6.32. The van der Waals surface area contributed by atoms with Crippen molar-refractivity contribution in [3.05, 3.63) is 35.4 Å². The van der Waals surface area contributed by atoms with Crippen molar-refractivity contribution in [2.24, 2.45) is 0 Å². The lowest BCUT2D eigenvalue weighted by Crippen LogP contribution is -2.52. The predicted octanol–water partition coefficient (Wildman–Crippen LogP) is 4.56. The van der Waals surface area contributed by atoms with Crippen LogP contribution in [0.15, 0.2) is 29.8 Å². The van der Waals surface area contributed by atoms with Crippen LogP contribution in [-0.4, -0.2) is 56.7 Å². The van der Waals surface area contributed by atoms with Gasteiger partial charge in [-0.25, -0.2) is 4.79 Å². The van der Waals surface area contributed by atoms with Gasteiger partial charge in [0.2, 0.25) is 0 Å².